The van der Waals surface area contributed by atoms with Crippen LogP contribution in [0, 0.1) is 6.92 Å². The Morgan fingerprint density at radius 3 is 2.61 bits per heavy atom. The number of aromatic nitrogens is 1. The molecule has 1 aliphatic heterocycles. The minimum Gasteiger partial charge on any atom is -0.454 e. The summed E-state index contributed by atoms with van der Waals surface area (Å²) >= 11 is 0. The fourth-order valence-electron chi connectivity index (χ4n) is 5.14. The summed E-state index contributed by atoms with van der Waals surface area (Å²) in [5, 5.41) is 1.77. The standard InChI is InChI=1S/C26H26N2O5/c1-15-26-18(16(12-27-15)13-28(2)17-6-4-3-5-7-17)8-21(33-26)20-10-25(29)32-22-11-24-23(9-19(20)22)30-14-31-24/h8-12,17H,3-7,13-14H2,1-2H3. The summed E-state index contributed by atoms with van der Waals surface area (Å²) in [6.45, 7) is 2.90. The second-order valence-corrected chi connectivity index (χ2v) is 9.11. The van der Waals surface area contributed by atoms with E-state index in [0.29, 0.717) is 34.4 Å². The van der Waals surface area contributed by atoms with Crippen molar-refractivity contribution in [2.45, 2.75) is 51.6 Å². The highest BCUT2D eigenvalue weighted by Gasteiger charge is 2.22. The maximum Gasteiger partial charge on any atom is 0.336 e. The number of fused-ring (bicyclic) bond motifs is 3. The molecule has 6 rings (SSSR count). The molecular weight excluding hydrogens is 420 g/mol. The molecule has 0 amide bonds. The number of rotatable bonds is 4. The van der Waals surface area contributed by atoms with Gasteiger partial charge >= 0.3 is 5.63 Å². The van der Waals surface area contributed by atoms with Gasteiger partial charge < -0.3 is 18.3 Å². The summed E-state index contributed by atoms with van der Waals surface area (Å²) in [4.78, 5) is 19.4. The average Bonchev–Trinajstić information content (AvgIpc) is 3.47. The van der Waals surface area contributed by atoms with Crippen LogP contribution in [-0.2, 0) is 6.54 Å². The molecule has 0 N–H and O–H groups in total. The summed E-state index contributed by atoms with van der Waals surface area (Å²) in [6.07, 6.45) is 8.38. The minimum absolute atomic E-state index is 0.151. The molecule has 0 spiro atoms. The summed E-state index contributed by atoms with van der Waals surface area (Å²) in [5.74, 6) is 1.81. The molecule has 0 saturated heterocycles. The lowest BCUT2D eigenvalue weighted by Gasteiger charge is -2.31. The molecule has 1 aliphatic carbocycles. The van der Waals surface area contributed by atoms with Gasteiger partial charge in [0.1, 0.15) is 11.3 Å². The monoisotopic (exact) mass is 446 g/mol. The quantitative estimate of drug-likeness (QED) is 0.388. The van der Waals surface area contributed by atoms with Crippen LogP contribution >= 0.6 is 0 Å². The van der Waals surface area contributed by atoms with E-state index >= 15 is 0 Å². The summed E-state index contributed by atoms with van der Waals surface area (Å²) in [6, 6.07) is 7.63. The van der Waals surface area contributed by atoms with Gasteiger partial charge in [-0.3, -0.25) is 9.88 Å². The van der Waals surface area contributed by atoms with Crippen LogP contribution in [0.1, 0.15) is 43.4 Å². The third kappa shape index (κ3) is 3.56. The SMILES string of the molecule is Cc1ncc(CN(C)C2CCCCC2)c2cc(-c3cc(=O)oc4cc5c(cc34)OCO5)oc12. The lowest BCUT2D eigenvalue weighted by Crippen LogP contribution is -2.32. The molecule has 33 heavy (non-hydrogen) atoms. The normalized spacial score (nSPS) is 16.3. The summed E-state index contributed by atoms with van der Waals surface area (Å²) in [5.41, 5.74) is 3.37. The average molecular weight is 447 g/mol. The Morgan fingerprint density at radius 1 is 1.00 bits per heavy atom. The van der Waals surface area contributed by atoms with Gasteiger partial charge in [-0.25, -0.2) is 4.79 Å². The third-order valence-corrected chi connectivity index (χ3v) is 6.94. The highest BCUT2D eigenvalue weighted by molar-refractivity contribution is 5.97. The molecule has 0 unspecified atom stereocenters. The van der Waals surface area contributed by atoms with Crippen LogP contribution in [-0.4, -0.2) is 29.8 Å². The lowest BCUT2D eigenvalue weighted by molar-refractivity contribution is 0.174. The number of ether oxygens (including phenoxy) is 2. The van der Waals surface area contributed by atoms with Crippen molar-refractivity contribution in [3.8, 4) is 22.8 Å². The molecule has 7 heteroatoms. The summed E-state index contributed by atoms with van der Waals surface area (Å²) < 4.78 is 22.7. The van der Waals surface area contributed by atoms with E-state index in [-0.39, 0.29) is 6.79 Å². The van der Waals surface area contributed by atoms with Crippen molar-refractivity contribution < 1.29 is 18.3 Å². The van der Waals surface area contributed by atoms with Crippen molar-refractivity contribution in [2.75, 3.05) is 13.8 Å². The van der Waals surface area contributed by atoms with Gasteiger partial charge in [-0.15, -0.1) is 0 Å². The smallest absolute Gasteiger partial charge is 0.336 e. The number of nitrogens with zero attached hydrogens (tertiary/aromatic N) is 2. The van der Waals surface area contributed by atoms with Gasteiger partial charge in [0.2, 0.25) is 6.79 Å². The fraction of sp³-hybridized carbons (Fsp3) is 0.385. The molecular formula is C26H26N2O5. The van der Waals surface area contributed by atoms with E-state index < -0.39 is 5.63 Å². The van der Waals surface area contributed by atoms with Crippen molar-refractivity contribution in [3.05, 3.63) is 52.1 Å². The maximum atomic E-state index is 12.3. The molecule has 1 fully saturated rings. The number of pyridine rings is 1. The van der Waals surface area contributed by atoms with Crippen LogP contribution in [0.25, 0.3) is 33.3 Å². The first kappa shape index (κ1) is 20.3. The molecule has 4 aromatic rings. The van der Waals surface area contributed by atoms with E-state index in [1.807, 2.05) is 25.3 Å². The van der Waals surface area contributed by atoms with E-state index in [9.17, 15) is 4.79 Å². The molecule has 3 aromatic heterocycles. The third-order valence-electron chi connectivity index (χ3n) is 6.94. The first-order valence-corrected chi connectivity index (χ1v) is 11.5. The number of hydrogen-bond donors (Lipinski definition) is 0. The zero-order valence-corrected chi connectivity index (χ0v) is 18.8. The zero-order valence-electron chi connectivity index (χ0n) is 18.8. The largest absolute Gasteiger partial charge is 0.454 e. The summed E-state index contributed by atoms with van der Waals surface area (Å²) in [7, 11) is 2.20. The van der Waals surface area contributed by atoms with E-state index in [2.05, 4.69) is 16.9 Å². The number of furan rings is 1. The molecule has 0 radical (unpaired) electrons. The topological polar surface area (TPSA) is 77.9 Å². The zero-order chi connectivity index (χ0) is 22.5. The molecule has 0 atom stereocenters. The number of benzene rings is 1. The molecule has 170 valence electrons. The van der Waals surface area contributed by atoms with Gasteiger partial charge in [0.15, 0.2) is 17.1 Å². The van der Waals surface area contributed by atoms with Gasteiger partial charge in [0.25, 0.3) is 0 Å². The first-order valence-electron chi connectivity index (χ1n) is 11.5. The van der Waals surface area contributed by atoms with Gasteiger partial charge in [-0.05, 0) is 44.5 Å². The van der Waals surface area contributed by atoms with Crippen LogP contribution < -0.4 is 15.1 Å². The first-order chi connectivity index (χ1) is 16.1. The Labute approximate surface area is 190 Å². The van der Waals surface area contributed by atoms with E-state index in [4.69, 9.17) is 18.3 Å². The van der Waals surface area contributed by atoms with Crippen molar-refractivity contribution in [1.82, 2.24) is 9.88 Å². The maximum absolute atomic E-state index is 12.3. The predicted molar refractivity (Wildman–Crippen MR) is 125 cm³/mol. The Balaban J connectivity index is 1.45. The lowest BCUT2D eigenvalue weighted by atomic mass is 9.94. The second kappa shape index (κ2) is 7.92. The molecule has 2 aliphatic rings. The second-order valence-electron chi connectivity index (χ2n) is 9.11. The van der Waals surface area contributed by atoms with Crippen LogP contribution in [0.15, 0.2) is 44.1 Å². The van der Waals surface area contributed by atoms with Crippen molar-refractivity contribution >= 4 is 21.9 Å². The highest BCUT2D eigenvalue weighted by Crippen LogP contribution is 2.40. The Hall–Kier alpha value is -3.32. The molecule has 7 nitrogen and oxygen atoms in total. The van der Waals surface area contributed by atoms with Crippen molar-refractivity contribution in [1.29, 1.82) is 0 Å². The van der Waals surface area contributed by atoms with Crippen LogP contribution in [0.2, 0.25) is 0 Å². The van der Waals surface area contributed by atoms with Gasteiger partial charge in [0.05, 0.1) is 5.69 Å². The van der Waals surface area contributed by atoms with E-state index in [1.165, 1.54) is 38.2 Å². The van der Waals surface area contributed by atoms with Crippen LogP contribution in [0.3, 0.4) is 0 Å². The fourth-order valence-corrected chi connectivity index (χ4v) is 5.14. The minimum atomic E-state index is -0.441. The Kier molecular flexibility index (Phi) is 4.87. The van der Waals surface area contributed by atoms with Crippen molar-refractivity contribution in [2.24, 2.45) is 0 Å². The van der Waals surface area contributed by atoms with Crippen molar-refractivity contribution in [3.63, 3.8) is 0 Å². The number of aryl methyl sites for hydroxylation is 1. The highest BCUT2D eigenvalue weighted by atomic mass is 16.7. The number of hydrogen-bond acceptors (Lipinski definition) is 7. The molecule has 4 heterocycles. The Bertz CT molecular complexity index is 1410. The van der Waals surface area contributed by atoms with E-state index in [0.717, 1.165) is 34.2 Å². The van der Waals surface area contributed by atoms with Crippen LogP contribution in [0.5, 0.6) is 11.5 Å². The van der Waals surface area contributed by atoms with E-state index in [1.54, 1.807) is 6.07 Å². The predicted octanol–water partition coefficient (Wildman–Crippen LogP) is 5.40. The van der Waals surface area contributed by atoms with Gasteiger partial charge in [-0.1, -0.05) is 19.3 Å². The Morgan fingerprint density at radius 2 is 1.79 bits per heavy atom. The van der Waals surface area contributed by atoms with Gasteiger partial charge in [-0.2, -0.15) is 0 Å². The van der Waals surface area contributed by atoms with Crippen LogP contribution in [0.4, 0.5) is 0 Å². The molecule has 0 bridgehead atoms. The molecule has 1 saturated carbocycles. The van der Waals surface area contributed by atoms with Gasteiger partial charge in [0, 0.05) is 47.3 Å². The molecule has 1 aromatic carbocycles.